The summed E-state index contributed by atoms with van der Waals surface area (Å²) in [4.78, 5) is 40.9. The van der Waals surface area contributed by atoms with E-state index in [-0.39, 0.29) is 17.9 Å². The molecule has 1 fully saturated rings. The molecule has 10 nitrogen and oxygen atoms in total. The molecule has 0 bridgehead atoms. The number of anilines is 2. The third-order valence-corrected chi connectivity index (χ3v) is 7.41. The van der Waals surface area contributed by atoms with Gasteiger partial charge >= 0.3 is 5.97 Å². The lowest BCUT2D eigenvalue weighted by Crippen LogP contribution is -2.35. The molecule has 12 heteroatoms. The van der Waals surface area contributed by atoms with E-state index in [1.807, 2.05) is 0 Å². The number of carbonyl (C=O) groups is 3. The van der Waals surface area contributed by atoms with Gasteiger partial charge in [-0.25, -0.2) is 8.78 Å². The van der Waals surface area contributed by atoms with Gasteiger partial charge < -0.3 is 30.0 Å². The number of carboxylic acids is 1. The van der Waals surface area contributed by atoms with Gasteiger partial charge in [-0.05, 0) is 80.6 Å². The largest absolute Gasteiger partial charge is 0.493 e. The number of pyridine rings is 1. The van der Waals surface area contributed by atoms with Crippen molar-refractivity contribution in [2.24, 2.45) is 5.41 Å². The number of unbranched alkanes of at least 4 members (excludes halogenated alkanes) is 2. The van der Waals surface area contributed by atoms with Crippen molar-refractivity contribution < 1.29 is 42.5 Å². The van der Waals surface area contributed by atoms with Crippen molar-refractivity contribution in [3.05, 3.63) is 78.5 Å². The fourth-order valence-electron chi connectivity index (χ4n) is 4.72. The van der Waals surface area contributed by atoms with Gasteiger partial charge in [-0.1, -0.05) is 0 Å². The van der Waals surface area contributed by atoms with Crippen LogP contribution in [0, 0.1) is 17.0 Å². The van der Waals surface area contributed by atoms with Gasteiger partial charge in [-0.3, -0.25) is 19.4 Å². The quantitative estimate of drug-likeness (QED) is 0.105. The Morgan fingerprint density at radius 2 is 1.56 bits per heavy atom. The number of carbonyl (C=O) groups excluding carboxylic acids is 2. The second-order valence-electron chi connectivity index (χ2n) is 10.6. The van der Waals surface area contributed by atoms with E-state index in [1.165, 1.54) is 49.7 Å². The normalized spacial score (nSPS) is 13.1. The Hall–Kier alpha value is -5.26. The fraction of sp³-hybridized carbons (Fsp3) is 0.273. The molecule has 2 amide bonds. The summed E-state index contributed by atoms with van der Waals surface area (Å²) in [7, 11) is 1.49. The minimum atomic E-state index is -1.29. The number of hydrogen-bond acceptors (Lipinski definition) is 7. The van der Waals surface area contributed by atoms with Crippen LogP contribution in [0.5, 0.6) is 23.0 Å². The maximum atomic E-state index is 15.2. The number of benzene rings is 3. The van der Waals surface area contributed by atoms with Gasteiger partial charge in [0.1, 0.15) is 17.0 Å². The maximum Gasteiger partial charge on any atom is 0.303 e. The number of fused-ring (bicyclic) bond motifs is 1. The first-order chi connectivity index (χ1) is 21.7. The third kappa shape index (κ3) is 7.46. The highest BCUT2D eigenvalue weighted by Gasteiger charge is 2.56. The molecule has 1 aliphatic rings. The molecule has 4 aromatic rings. The summed E-state index contributed by atoms with van der Waals surface area (Å²) in [5, 5.41) is 14.6. The number of aliphatic carboxylic acids is 1. The molecule has 3 aromatic carbocycles. The van der Waals surface area contributed by atoms with Gasteiger partial charge in [-0.2, -0.15) is 0 Å². The highest BCUT2D eigenvalue weighted by atomic mass is 19.1. The molecule has 5 rings (SSSR count). The predicted octanol–water partition coefficient (Wildman–Crippen LogP) is 6.70. The summed E-state index contributed by atoms with van der Waals surface area (Å²) in [5.74, 6) is -2.02. The number of nitrogens with one attached hydrogen (secondary N) is 2. The van der Waals surface area contributed by atoms with E-state index in [4.69, 9.17) is 19.3 Å². The molecule has 0 spiro atoms. The molecule has 1 saturated carbocycles. The van der Waals surface area contributed by atoms with Crippen molar-refractivity contribution in [2.45, 2.75) is 38.5 Å². The molecule has 1 aliphatic carbocycles. The van der Waals surface area contributed by atoms with Crippen LogP contribution in [-0.2, 0) is 14.4 Å². The summed E-state index contributed by atoms with van der Waals surface area (Å²) < 4.78 is 45.6. The molecular weight excluding hydrogens is 588 g/mol. The Bertz CT molecular complexity index is 1730. The van der Waals surface area contributed by atoms with E-state index >= 15 is 4.39 Å². The second kappa shape index (κ2) is 13.6. The Morgan fingerprint density at radius 3 is 2.22 bits per heavy atom. The van der Waals surface area contributed by atoms with E-state index in [0.717, 1.165) is 6.07 Å². The van der Waals surface area contributed by atoms with Crippen LogP contribution in [0.4, 0.5) is 20.2 Å². The molecule has 0 unspecified atom stereocenters. The zero-order valence-corrected chi connectivity index (χ0v) is 24.4. The van der Waals surface area contributed by atoms with Gasteiger partial charge in [0.05, 0.1) is 19.2 Å². The molecule has 0 saturated heterocycles. The van der Waals surface area contributed by atoms with Crippen LogP contribution < -0.4 is 24.8 Å². The summed E-state index contributed by atoms with van der Waals surface area (Å²) in [5.41, 5.74) is -0.260. The Labute approximate surface area is 257 Å². The number of hydrogen-bond donors (Lipinski definition) is 3. The lowest BCUT2D eigenvalue weighted by Gasteiger charge is -2.16. The molecule has 0 radical (unpaired) electrons. The fourth-order valence-corrected chi connectivity index (χ4v) is 4.72. The molecule has 0 atom stereocenters. The first-order valence-corrected chi connectivity index (χ1v) is 14.4. The molecule has 0 aliphatic heterocycles. The first kappa shape index (κ1) is 31.2. The van der Waals surface area contributed by atoms with Crippen LogP contribution in [0.15, 0.2) is 66.9 Å². The Balaban J connectivity index is 1.24. The zero-order chi connectivity index (χ0) is 32.0. The van der Waals surface area contributed by atoms with Crippen molar-refractivity contribution in [3.8, 4) is 23.0 Å². The molecule has 1 heterocycles. The Morgan fingerprint density at radius 1 is 0.844 bits per heavy atom. The Kier molecular flexibility index (Phi) is 9.41. The lowest BCUT2D eigenvalue weighted by atomic mass is 10.0. The molecule has 45 heavy (non-hydrogen) atoms. The maximum absolute atomic E-state index is 15.2. The van der Waals surface area contributed by atoms with Crippen molar-refractivity contribution in [2.75, 3.05) is 24.4 Å². The van der Waals surface area contributed by atoms with Crippen molar-refractivity contribution in [1.29, 1.82) is 0 Å². The summed E-state index contributed by atoms with van der Waals surface area (Å²) in [6.07, 6.45) is 4.23. The van der Waals surface area contributed by atoms with Gasteiger partial charge in [0.25, 0.3) is 0 Å². The average Bonchev–Trinajstić information content (AvgIpc) is 3.83. The second-order valence-corrected chi connectivity index (χ2v) is 10.6. The van der Waals surface area contributed by atoms with E-state index in [9.17, 15) is 18.8 Å². The number of aromatic nitrogens is 1. The summed E-state index contributed by atoms with van der Waals surface area (Å²) >= 11 is 0. The third-order valence-electron chi connectivity index (χ3n) is 7.41. The van der Waals surface area contributed by atoms with Gasteiger partial charge in [-0.15, -0.1) is 0 Å². The highest BCUT2D eigenvalue weighted by molar-refractivity contribution is 6.16. The zero-order valence-electron chi connectivity index (χ0n) is 24.4. The number of ether oxygens (including phenoxy) is 3. The highest BCUT2D eigenvalue weighted by Crippen LogP contribution is 2.47. The number of rotatable bonds is 14. The molecule has 3 N–H and O–H groups in total. The SMILES string of the molecule is COc1cc2c(Oc3ccc(NC(=O)C4(C(=O)Nc5ccc(F)cc5)CC4)cc3F)ccnc2cc1OCCCCCC(=O)O. The van der Waals surface area contributed by atoms with Crippen molar-refractivity contribution in [3.63, 3.8) is 0 Å². The van der Waals surface area contributed by atoms with Crippen molar-refractivity contribution in [1.82, 2.24) is 4.98 Å². The standard InChI is InChI=1S/C33H31F2N3O7/c1-43-28-18-23-25(19-29(28)44-16-4-2-3-5-30(39)40)36-15-12-26(23)45-27-11-10-22(17-24(27)35)38-32(42)33(13-14-33)31(41)37-21-8-6-20(34)7-9-21/h6-12,15,17-19H,2-5,13-14,16H2,1H3,(H,37,41)(H,38,42)(H,39,40). The monoisotopic (exact) mass is 619 g/mol. The topological polar surface area (TPSA) is 136 Å². The van der Waals surface area contributed by atoms with Gasteiger partial charge in [0.15, 0.2) is 23.1 Å². The molecule has 234 valence electrons. The number of nitrogens with zero attached hydrogens (tertiary/aromatic N) is 1. The van der Waals surface area contributed by atoms with E-state index in [0.29, 0.717) is 72.5 Å². The minimum Gasteiger partial charge on any atom is -0.493 e. The average molecular weight is 620 g/mol. The minimum absolute atomic E-state index is 0.101. The van der Waals surface area contributed by atoms with Crippen LogP contribution >= 0.6 is 0 Å². The number of halogens is 2. The van der Waals surface area contributed by atoms with Crippen LogP contribution in [-0.4, -0.2) is 41.6 Å². The number of carboxylic acid groups (broad SMARTS) is 1. The van der Waals surface area contributed by atoms with Crippen LogP contribution in [0.3, 0.4) is 0 Å². The van der Waals surface area contributed by atoms with Crippen LogP contribution in [0.1, 0.15) is 38.5 Å². The van der Waals surface area contributed by atoms with Crippen LogP contribution in [0.2, 0.25) is 0 Å². The van der Waals surface area contributed by atoms with Gasteiger partial charge in [0, 0.05) is 41.5 Å². The van der Waals surface area contributed by atoms with Crippen molar-refractivity contribution >= 4 is 40.1 Å². The van der Waals surface area contributed by atoms with Crippen LogP contribution in [0.25, 0.3) is 10.9 Å². The van der Waals surface area contributed by atoms with E-state index in [2.05, 4.69) is 15.6 Å². The van der Waals surface area contributed by atoms with Gasteiger partial charge in [0.2, 0.25) is 11.8 Å². The predicted molar refractivity (Wildman–Crippen MR) is 162 cm³/mol. The lowest BCUT2D eigenvalue weighted by molar-refractivity contribution is -0.137. The number of methoxy groups -OCH3 is 1. The number of amides is 2. The molecule has 1 aromatic heterocycles. The summed E-state index contributed by atoms with van der Waals surface area (Å²) in [6, 6.07) is 14.1. The molecular formula is C33H31F2N3O7. The first-order valence-electron chi connectivity index (χ1n) is 14.4. The smallest absolute Gasteiger partial charge is 0.303 e. The summed E-state index contributed by atoms with van der Waals surface area (Å²) in [6.45, 7) is 0.367. The van der Waals surface area contributed by atoms with E-state index < -0.39 is 34.8 Å². The van der Waals surface area contributed by atoms with E-state index in [1.54, 1.807) is 18.2 Å².